The van der Waals surface area contributed by atoms with Gasteiger partial charge in [-0.25, -0.2) is 0 Å². The van der Waals surface area contributed by atoms with Gasteiger partial charge in [0, 0.05) is 0 Å². The predicted octanol–water partition coefficient (Wildman–Crippen LogP) is 7.40. The molecule has 2 aliphatic carbocycles. The van der Waals surface area contributed by atoms with Gasteiger partial charge in [-0.05, 0) is 0 Å². The van der Waals surface area contributed by atoms with Crippen molar-refractivity contribution in [3.63, 3.8) is 0 Å². The third-order valence-corrected chi connectivity index (χ3v) is 20.0. The molecule has 2 aliphatic rings. The molecule has 4 aromatic carbocycles. The van der Waals surface area contributed by atoms with Crippen LogP contribution in [0.3, 0.4) is 0 Å². The Morgan fingerprint density at radius 2 is 0.837 bits per heavy atom. The van der Waals surface area contributed by atoms with Crippen LogP contribution >= 0.6 is 0 Å². The maximum atomic E-state index is 17.0. The average molecular weight is 743 g/mol. The van der Waals surface area contributed by atoms with Crippen LogP contribution < -0.4 is 17.2 Å². The molecule has 0 heterocycles. The summed E-state index contributed by atoms with van der Waals surface area (Å²) in [5.41, 5.74) is 0.353. The van der Waals surface area contributed by atoms with Gasteiger partial charge in [-0.1, -0.05) is 0 Å². The van der Waals surface area contributed by atoms with E-state index in [4.69, 9.17) is 0 Å². The molecule has 0 amide bonds. The van der Waals surface area contributed by atoms with Gasteiger partial charge < -0.3 is 0 Å². The van der Waals surface area contributed by atoms with Gasteiger partial charge in [0.05, 0.1) is 0 Å². The van der Waals surface area contributed by atoms with Gasteiger partial charge in [0.25, 0.3) is 0 Å². The van der Waals surface area contributed by atoms with E-state index in [2.05, 4.69) is 9.44 Å². The summed E-state index contributed by atoms with van der Waals surface area (Å²) in [5.74, 6) is -4.88. The number of benzene rings is 4. The van der Waals surface area contributed by atoms with E-state index in [-0.39, 0.29) is 9.79 Å². The van der Waals surface area contributed by atoms with Gasteiger partial charge in [0.2, 0.25) is 0 Å². The number of rotatable bonds is 10. The third-order valence-electron chi connectivity index (χ3n) is 8.71. The van der Waals surface area contributed by atoms with E-state index in [9.17, 15) is 16.8 Å². The van der Waals surface area contributed by atoms with Crippen molar-refractivity contribution in [3.8, 4) is 0 Å². The molecule has 6 nitrogen and oxygen atoms in total. The van der Waals surface area contributed by atoms with Crippen molar-refractivity contribution in [2.75, 3.05) is 9.44 Å². The van der Waals surface area contributed by atoms with Crippen molar-refractivity contribution in [3.05, 3.63) is 156 Å². The molecule has 4 aromatic rings. The van der Waals surface area contributed by atoms with E-state index in [1.165, 1.54) is 24.3 Å². The number of halogens is 4. The Kier molecular flexibility index (Phi) is 9.36. The predicted molar refractivity (Wildman–Crippen MR) is 180 cm³/mol. The second-order valence-corrected chi connectivity index (χ2v) is 21.6. The summed E-state index contributed by atoms with van der Waals surface area (Å²) in [6, 6.07) is 15.2. The molecule has 0 bridgehead atoms. The summed E-state index contributed by atoms with van der Waals surface area (Å²) >= 11 is -5.37. The first kappa shape index (κ1) is 34.6. The number of nitrogens with one attached hydrogen (secondary N) is 2. The Morgan fingerprint density at radius 1 is 0.510 bits per heavy atom. The van der Waals surface area contributed by atoms with Crippen molar-refractivity contribution in [1.29, 1.82) is 0 Å². The van der Waals surface area contributed by atoms with Crippen LogP contribution in [0.15, 0.2) is 131 Å². The van der Waals surface area contributed by atoms with Gasteiger partial charge >= 0.3 is 287 Å². The second kappa shape index (κ2) is 13.2. The third kappa shape index (κ3) is 6.34. The number of sulfonamides is 2. The van der Waals surface area contributed by atoms with Crippen LogP contribution in [0.1, 0.15) is 11.1 Å². The zero-order valence-electron chi connectivity index (χ0n) is 26.2. The Labute approximate surface area is 286 Å². The SMILES string of the molecule is Cc1ccc(S(=O)(=O)Nc2ccc(F)[c]([Ti]([c]3c(F)ccc(NS(=O)(=O)c4ccc(C)cc4)c3F)([CH]3C=CC=C3)[CH]3C=CC=C3)c2F)cc1. The van der Waals surface area contributed by atoms with E-state index in [1.54, 1.807) is 86.7 Å². The zero-order chi connectivity index (χ0) is 35.1. The quantitative estimate of drug-likeness (QED) is 0.131. The van der Waals surface area contributed by atoms with Crippen LogP contribution in [-0.2, 0) is 36.6 Å². The van der Waals surface area contributed by atoms with E-state index < -0.39 is 87.5 Å². The first-order chi connectivity index (χ1) is 23.3. The van der Waals surface area contributed by atoms with E-state index in [1.807, 2.05) is 0 Å². The Bertz CT molecular complexity index is 2100. The number of hydrogen-bond donors (Lipinski definition) is 2. The van der Waals surface area contributed by atoms with Gasteiger partial charge in [-0.2, -0.15) is 0 Å². The Balaban J connectivity index is 1.59. The normalized spacial score (nSPS) is 15.0. The minimum atomic E-state index is -5.37. The first-order valence-corrected chi connectivity index (χ1v) is 21.4. The van der Waals surface area contributed by atoms with Gasteiger partial charge in [-0.3, -0.25) is 0 Å². The fraction of sp³-hybridized carbons (Fsp3) is 0.111. The number of allylic oxidation sites excluding steroid dienone is 8. The molecule has 6 rings (SSSR count). The van der Waals surface area contributed by atoms with Crippen LogP contribution in [0.5, 0.6) is 0 Å². The van der Waals surface area contributed by atoms with E-state index in [0.717, 1.165) is 35.4 Å². The fourth-order valence-electron chi connectivity index (χ4n) is 6.35. The van der Waals surface area contributed by atoms with Crippen LogP contribution in [0.4, 0.5) is 28.9 Å². The molecule has 0 radical (unpaired) electrons. The molecule has 13 heteroatoms. The summed E-state index contributed by atoms with van der Waals surface area (Å²) in [6.45, 7) is 3.53. The van der Waals surface area contributed by atoms with Gasteiger partial charge in [0.1, 0.15) is 0 Å². The fourth-order valence-corrected chi connectivity index (χ4v) is 17.3. The van der Waals surface area contributed by atoms with Crippen LogP contribution in [0.25, 0.3) is 0 Å². The molecule has 0 atom stereocenters. The van der Waals surface area contributed by atoms with Gasteiger partial charge in [-0.15, -0.1) is 0 Å². The minimum absolute atomic E-state index is 0.176. The number of hydrogen-bond acceptors (Lipinski definition) is 4. The van der Waals surface area contributed by atoms with Crippen molar-refractivity contribution < 1.29 is 51.0 Å². The molecule has 2 N–H and O–H groups in total. The number of anilines is 2. The molecule has 0 aromatic heterocycles. The zero-order valence-corrected chi connectivity index (χ0v) is 29.4. The van der Waals surface area contributed by atoms with Crippen molar-refractivity contribution >= 4 is 39.2 Å². The standard InChI is InChI=1S/2C13H10F2NO2S.2C5H5.Ti/c2*1-9-2-5-11(6-3-9)19(17,18)16-13-7-4-10(14)8-12(13)15;2*1-2-4-5-3-1;/h2*2-7,16H,1H3;2*1-5H;. The molecule has 252 valence electrons. The average Bonchev–Trinajstić information content (AvgIpc) is 3.80. The molecule has 0 unspecified atom stereocenters. The maximum absolute atomic E-state index is 17.0. The van der Waals surface area contributed by atoms with Crippen LogP contribution in [-0.4, -0.2) is 16.8 Å². The summed E-state index contributed by atoms with van der Waals surface area (Å²) in [4.78, 5) is -0.352. The van der Waals surface area contributed by atoms with Crippen molar-refractivity contribution in [2.45, 2.75) is 32.1 Å². The van der Waals surface area contributed by atoms with E-state index >= 15 is 17.6 Å². The number of aryl methyl sites for hydroxylation is 2. The molecule has 49 heavy (non-hydrogen) atoms. The van der Waals surface area contributed by atoms with Crippen molar-refractivity contribution in [2.24, 2.45) is 0 Å². The van der Waals surface area contributed by atoms with Crippen molar-refractivity contribution in [1.82, 2.24) is 0 Å². The monoisotopic (exact) mass is 742 g/mol. The molecule has 0 saturated heterocycles. The molecule has 0 saturated carbocycles. The summed E-state index contributed by atoms with van der Waals surface area (Å²) in [5, 5.41) is 0. The topological polar surface area (TPSA) is 92.3 Å². The molecule has 0 spiro atoms. The second-order valence-electron chi connectivity index (χ2n) is 11.9. The molecular formula is C36H30F4N2O4S2Ti. The van der Waals surface area contributed by atoms with E-state index in [0.29, 0.717) is 0 Å². The molecule has 0 aliphatic heterocycles. The Morgan fingerprint density at radius 3 is 1.16 bits per heavy atom. The molecule has 0 fully saturated rings. The summed E-state index contributed by atoms with van der Waals surface area (Å²) in [7, 11) is -8.75. The van der Waals surface area contributed by atoms with Crippen LogP contribution in [0.2, 0.25) is 8.45 Å². The molecular weight excluding hydrogens is 712 g/mol. The Hall–Kier alpha value is -4.23. The first-order valence-electron chi connectivity index (χ1n) is 15.1. The van der Waals surface area contributed by atoms with Crippen LogP contribution in [0, 0.1) is 37.1 Å². The summed E-state index contributed by atoms with van der Waals surface area (Å²) < 4.78 is 121. The summed E-state index contributed by atoms with van der Waals surface area (Å²) in [6.07, 6.45) is 12.8. The van der Waals surface area contributed by atoms with Gasteiger partial charge in [0.15, 0.2) is 0 Å².